The first-order chi connectivity index (χ1) is 13.1. The molecule has 0 heterocycles. The third-order valence-corrected chi connectivity index (χ3v) is 4.72. The lowest BCUT2D eigenvalue weighted by atomic mass is 9.98. The van der Waals surface area contributed by atoms with E-state index in [1.165, 1.54) is 18.1 Å². The molecule has 2 aromatic rings. The second-order valence-corrected chi connectivity index (χ2v) is 6.98. The Kier molecular flexibility index (Phi) is 6.42. The number of hydrogen-bond acceptors (Lipinski definition) is 3. The molecule has 0 bridgehead atoms. The number of ether oxygens (including phenoxy) is 1. The van der Waals surface area contributed by atoms with Crippen LogP contribution in [0.2, 0.25) is 0 Å². The molecule has 27 heavy (non-hydrogen) atoms. The molecule has 0 saturated heterocycles. The van der Waals surface area contributed by atoms with Crippen molar-refractivity contribution < 1.29 is 14.3 Å². The van der Waals surface area contributed by atoms with Gasteiger partial charge in [0.05, 0.1) is 5.56 Å². The van der Waals surface area contributed by atoms with E-state index in [0.29, 0.717) is 11.3 Å². The molecule has 0 aliphatic heterocycles. The highest BCUT2D eigenvalue weighted by molar-refractivity contribution is 6.02. The van der Waals surface area contributed by atoms with Crippen LogP contribution in [0.1, 0.15) is 53.6 Å². The van der Waals surface area contributed by atoms with Gasteiger partial charge in [-0.05, 0) is 68.5 Å². The molecule has 140 valence electrons. The van der Waals surface area contributed by atoms with Crippen molar-refractivity contribution in [1.82, 2.24) is 0 Å². The van der Waals surface area contributed by atoms with Crippen LogP contribution < -0.4 is 5.32 Å². The lowest BCUT2D eigenvalue weighted by molar-refractivity contribution is -0.111. The first-order valence-electron chi connectivity index (χ1n) is 9.47. The summed E-state index contributed by atoms with van der Waals surface area (Å²) in [6, 6.07) is 14.7. The van der Waals surface area contributed by atoms with Crippen molar-refractivity contribution in [2.24, 2.45) is 0 Å². The number of hydrogen-bond donors (Lipinski definition) is 1. The number of carbonyl (C=O) groups excluding carboxylic acids is 2. The highest BCUT2D eigenvalue weighted by atomic mass is 16.5. The number of amides is 1. The van der Waals surface area contributed by atoms with Gasteiger partial charge in [0, 0.05) is 11.8 Å². The van der Waals surface area contributed by atoms with Crippen LogP contribution in [0.5, 0.6) is 0 Å². The summed E-state index contributed by atoms with van der Waals surface area (Å²) in [5.74, 6) is -0.507. The summed E-state index contributed by atoms with van der Waals surface area (Å²) in [6.07, 6.45) is 8.68. The van der Waals surface area contributed by atoms with Crippen LogP contribution in [0.15, 0.2) is 54.6 Å². The van der Waals surface area contributed by atoms with Gasteiger partial charge in [0.1, 0.15) is 6.10 Å². The lowest BCUT2D eigenvalue weighted by Crippen LogP contribution is -2.20. The molecule has 0 aromatic heterocycles. The van der Waals surface area contributed by atoms with E-state index in [4.69, 9.17) is 4.74 Å². The van der Waals surface area contributed by atoms with Crippen molar-refractivity contribution in [1.29, 1.82) is 0 Å². The van der Waals surface area contributed by atoms with Crippen molar-refractivity contribution >= 4 is 23.6 Å². The van der Waals surface area contributed by atoms with E-state index in [1.54, 1.807) is 30.3 Å². The van der Waals surface area contributed by atoms with Gasteiger partial charge in [-0.25, -0.2) is 4.79 Å². The first kappa shape index (κ1) is 18.9. The number of rotatable bonds is 5. The van der Waals surface area contributed by atoms with Crippen molar-refractivity contribution in [2.75, 3.05) is 5.32 Å². The van der Waals surface area contributed by atoms with E-state index in [2.05, 4.69) is 5.32 Å². The molecule has 0 atom stereocenters. The number of carbonyl (C=O) groups is 2. The third-order valence-electron chi connectivity index (χ3n) is 4.72. The van der Waals surface area contributed by atoms with E-state index in [0.717, 1.165) is 31.2 Å². The Morgan fingerprint density at radius 3 is 2.30 bits per heavy atom. The predicted molar refractivity (Wildman–Crippen MR) is 108 cm³/mol. The zero-order chi connectivity index (χ0) is 19.1. The van der Waals surface area contributed by atoms with Gasteiger partial charge < -0.3 is 10.1 Å². The van der Waals surface area contributed by atoms with Gasteiger partial charge in [-0.15, -0.1) is 0 Å². The molecule has 4 nitrogen and oxygen atoms in total. The number of nitrogens with one attached hydrogen (secondary N) is 1. The average molecular weight is 363 g/mol. The van der Waals surface area contributed by atoms with Crippen LogP contribution in [-0.4, -0.2) is 18.0 Å². The van der Waals surface area contributed by atoms with Crippen molar-refractivity contribution in [3.8, 4) is 0 Å². The molecule has 1 amide bonds. The van der Waals surface area contributed by atoms with Gasteiger partial charge in [0.25, 0.3) is 0 Å². The number of benzene rings is 2. The monoisotopic (exact) mass is 363 g/mol. The summed E-state index contributed by atoms with van der Waals surface area (Å²) in [7, 11) is 0. The highest BCUT2D eigenvalue weighted by Gasteiger charge is 2.18. The van der Waals surface area contributed by atoms with Gasteiger partial charge in [0.15, 0.2) is 0 Å². The minimum absolute atomic E-state index is 0.0394. The van der Waals surface area contributed by atoms with Gasteiger partial charge >= 0.3 is 5.97 Å². The van der Waals surface area contributed by atoms with E-state index in [-0.39, 0.29) is 18.0 Å². The normalized spacial score (nSPS) is 14.9. The minimum Gasteiger partial charge on any atom is -0.459 e. The molecule has 2 aromatic carbocycles. The summed E-state index contributed by atoms with van der Waals surface area (Å²) in [6.45, 7) is 2.02. The fourth-order valence-electron chi connectivity index (χ4n) is 3.13. The van der Waals surface area contributed by atoms with Crippen LogP contribution in [0, 0.1) is 6.92 Å². The zero-order valence-corrected chi connectivity index (χ0v) is 15.6. The highest BCUT2D eigenvalue weighted by Crippen LogP contribution is 2.21. The predicted octanol–water partition coefficient (Wildman–Crippen LogP) is 5.14. The number of esters is 1. The molecule has 1 aliphatic rings. The number of aryl methyl sites for hydroxylation is 1. The Morgan fingerprint density at radius 2 is 1.63 bits per heavy atom. The standard InChI is InChI=1S/C23H25NO3/c1-17-7-9-18(10-8-17)11-16-22(25)24-20-14-12-19(13-15-20)23(26)27-21-5-3-2-4-6-21/h7-16,21H,2-6H2,1H3,(H,24,25)/b16-11+. The molecule has 0 spiro atoms. The third kappa shape index (κ3) is 5.81. The van der Waals surface area contributed by atoms with Gasteiger partial charge in [-0.2, -0.15) is 0 Å². The summed E-state index contributed by atoms with van der Waals surface area (Å²) < 4.78 is 5.56. The van der Waals surface area contributed by atoms with E-state index in [9.17, 15) is 9.59 Å². The Labute approximate surface area is 160 Å². The molecule has 1 saturated carbocycles. The molecule has 1 aliphatic carbocycles. The Balaban J connectivity index is 1.52. The van der Waals surface area contributed by atoms with Crippen LogP contribution in [0.4, 0.5) is 5.69 Å². The minimum atomic E-state index is -0.293. The van der Waals surface area contributed by atoms with Gasteiger partial charge in [0.2, 0.25) is 5.91 Å². The summed E-state index contributed by atoms with van der Waals surface area (Å²) in [5.41, 5.74) is 3.30. The first-order valence-corrected chi connectivity index (χ1v) is 9.47. The fourth-order valence-corrected chi connectivity index (χ4v) is 3.13. The molecule has 3 rings (SSSR count). The van der Waals surface area contributed by atoms with E-state index < -0.39 is 0 Å². The molecular formula is C23H25NO3. The lowest BCUT2D eigenvalue weighted by Gasteiger charge is -2.21. The van der Waals surface area contributed by atoms with Crippen LogP contribution in [-0.2, 0) is 9.53 Å². The SMILES string of the molecule is Cc1ccc(/C=C/C(=O)Nc2ccc(C(=O)OC3CCCCC3)cc2)cc1. The molecule has 0 unspecified atom stereocenters. The van der Waals surface area contributed by atoms with E-state index >= 15 is 0 Å². The Bertz CT molecular complexity index is 801. The van der Waals surface area contributed by atoms with E-state index in [1.807, 2.05) is 31.2 Å². The van der Waals surface area contributed by atoms with Gasteiger partial charge in [-0.3, -0.25) is 4.79 Å². The number of anilines is 1. The Hall–Kier alpha value is -2.88. The molecule has 1 N–H and O–H groups in total. The van der Waals surface area contributed by atoms with Crippen molar-refractivity contribution in [3.05, 3.63) is 71.3 Å². The molecular weight excluding hydrogens is 338 g/mol. The van der Waals surface area contributed by atoms with Gasteiger partial charge in [-0.1, -0.05) is 36.2 Å². The van der Waals surface area contributed by atoms with Crippen LogP contribution in [0.25, 0.3) is 6.08 Å². The second-order valence-electron chi connectivity index (χ2n) is 6.98. The molecule has 0 radical (unpaired) electrons. The Morgan fingerprint density at radius 1 is 0.963 bits per heavy atom. The molecule has 4 heteroatoms. The summed E-state index contributed by atoms with van der Waals surface area (Å²) in [5, 5.41) is 2.79. The molecule has 1 fully saturated rings. The second kappa shape index (κ2) is 9.17. The zero-order valence-electron chi connectivity index (χ0n) is 15.6. The quantitative estimate of drug-likeness (QED) is 0.591. The van der Waals surface area contributed by atoms with Crippen LogP contribution >= 0.6 is 0 Å². The summed E-state index contributed by atoms with van der Waals surface area (Å²) >= 11 is 0. The average Bonchev–Trinajstić information content (AvgIpc) is 2.69. The topological polar surface area (TPSA) is 55.4 Å². The van der Waals surface area contributed by atoms with Crippen molar-refractivity contribution in [3.63, 3.8) is 0 Å². The maximum absolute atomic E-state index is 12.2. The smallest absolute Gasteiger partial charge is 0.338 e. The fraction of sp³-hybridized carbons (Fsp3) is 0.304. The maximum atomic E-state index is 12.2. The van der Waals surface area contributed by atoms with Crippen LogP contribution in [0.3, 0.4) is 0 Å². The maximum Gasteiger partial charge on any atom is 0.338 e. The van der Waals surface area contributed by atoms with Crippen molar-refractivity contribution in [2.45, 2.75) is 45.1 Å². The largest absolute Gasteiger partial charge is 0.459 e. The summed E-state index contributed by atoms with van der Waals surface area (Å²) in [4.78, 5) is 24.3.